The molecule has 0 fully saturated rings. The predicted molar refractivity (Wildman–Crippen MR) is 90.1 cm³/mol. The number of ether oxygens (including phenoxy) is 2. The number of esters is 1. The van der Waals surface area contributed by atoms with Gasteiger partial charge in [0.1, 0.15) is 11.5 Å². The van der Waals surface area contributed by atoms with E-state index in [2.05, 4.69) is 0 Å². The Labute approximate surface area is 145 Å². The maximum absolute atomic E-state index is 11.8. The molecule has 6 heteroatoms. The first-order valence-corrected chi connectivity index (χ1v) is 7.73. The van der Waals surface area contributed by atoms with Crippen molar-refractivity contribution < 1.29 is 29.0 Å². The number of Topliss-reactive ketones (excluding diaryl/α,β-unsaturated/α-hetero) is 1. The molecule has 0 spiro atoms. The smallest absolute Gasteiger partial charge is 0.338 e. The lowest BCUT2D eigenvalue weighted by Gasteiger charge is -2.07. The van der Waals surface area contributed by atoms with Crippen molar-refractivity contribution in [3.8, 4) is 11.5 Å². The summed E-state index contributed by atoms with van der Waals surface area (Å²) in [6.07, 6.45) is 0.237. The highest BCUT2D eigenvalue weighted by Gasteiger charge is 2.08. The molecule has 0 saturated carbocycles. The van der Waals surface area contributed by atoms with E-state index in [-0.39, 0.29) is 25.2 Å². The van der Waals surface area contributed by atoms with Crippen LogP contribution in [0.4, 0.5) is 0 Å². The Balaban J connectivity index is 1.89. The second-order valence-corrected chi connectivity index (χ2v) is 5.34. The molecule has 130 valence electrons. The minimum atomic E-state index is -0.922. The molecule has 0 radical (unpaired) electrons. The van der Waals surface area contributed by atoms with Gasteiger partial charge in [0.05, 0.1) is 12.2 Å². The third-order valence-electron chi connectivity index (χ3n) is 3.35. The zero-order valence-electron chi connectivity index (χ0n) is 13.7. The van der Waals surface area contributed by atoms with Crippen LogP contribution in [0.15, 0.2) is 48.5 Å². The first-order chi connectivity index (χ1) is 12.0. The first kappa shape index (κ1) is 18.2. The molecule has 0 aliphatic carbocycles. The van der Waals surface area contributed by atoms with Gasteiger partial charge >= 0.3 is 11.9 Å². The maximum atomic E-state index is 11.8. The molecule has 6 nitrogen and oxygen atoms in total. The molecule has 0 aliphatic rings. The fraction of sp³-hybridized carbons (Fsp3) is 0.211. The summed E-state index contributed by atoms with van der Waals surface area (Å²) in [5.41, 5.74) is 0.961. The van der Waals surface area contributed by atoms with Crippen molar-refractivity contribution in [2.75, 3.05) is 6.61 Å². The molecule has 0 heterocycles. The van der Waals surface area contributed by atoms with Gasteiger partial charge in [-0.3, -0.25) is 9.59 Å². The Morgan fingerprint density at radius 1 is 0.880 bits per heavy atom. The van der Waals surface area contributed by atoms with Gasteiger partial charge < -0.3 is 14.6 Å². The number of carboxylic acids is 1. The van der Waals surface area contributed by atoms with Crippen LogP contribution in [0, 0.1) is 0 Å². The number of benzene rings is 2. The Bertz CT molecular complexity index is 746. The largest absolute Gasteiger partial charge is 0.481 e. The summed E-state index contributed by atoms with van der Waals surface area (Å²) in [7, 11) is 0. The first-order valence-electron chi connectivity index (χ1n) is 7.73. The normalized spacial score (nSPS) is 10.1. The second kappa shape index (κ2) is 8.63. The number of carboxylic acid groups (broad SMARTS) is 1. The lowest BCUT2D eigenvalue weighted by Crippen LogP contribution is -2.07. The zero-order valence-corrected chi connectivity index (χ0v) is 13.7. The fourth-order valence-electron chi connectivity index (χ4n) is 2.02. The monoisotopic (exact) mass is 342 g/mol. The molecule has 0 saturated heterocycles. The highest BCUT2D eigenvalue weighted by molar-refractivity contribution is 5.94. The number of carbonyl (C=O) groups is 3. The van der Waals surface area contributed by atoms with Crippen molar-refractivity contribution in [1.82, 2.24) is 0 Å². The molecule has 0 amide bonds. The summed E-state index contributed by atoms with van der Waals surface area (Å²) in [5.74, 6) is -0.332. The molecule has 25 heavy (non-hydrogen) atoms. The number of hydrogen-bond donors (Lipinski definition) is 1. The third kappa shape index (κ3) is 5.76. The van der Waals surface area contributed by atoms with Gasteiger partial charge in [-0.15, -0.1) is 0 Å². The van der Waals surface area contributed by atoms with Crippen molar-refractivity contribution in [3.63, 3.8) is 0 Å². The molecule has 2 aromatic carbocycles. The Morgan fingerprint density at radius 3 is 1.88 bits per heavy atom. The molecular weight excluding hydrogens is 324 g/mol. The Morgan fingerprint density at radius 2 is 1.40 bits per heavy atom. The van der Waals surface area contributed by atoms with Crippen molar-refractivity contribution >= 4 is 17.7 Å². The van der Waals surface area contributed by atoms with Gasteiger partial charge in [-0.25, -0.2) is 4.79 Å². The van der Waals surface area contributed by atoms with E-state index in [1.54, 1.807) is 48.5 Å². The quantitative estimate of drug-likeness (QED) is 0.447. The van der Waals surface area contributed by atoms with Gasteiger partial charge in [0.15, 0.2) is 5.78 Å². The van der Waals surface area contributed by atoms with Crippen LogP contribution in [0.1, 0.15) is 40.5 Å². The summed E-state index contributed by atoms with van der Waals surface area (Å²) in [6, 6.07) is 13.2. The van der Waals surface area contributed by atoms with E-state index in [0.717, 1.165) is 0 Å². The average molecular weight is 342 g/mol. The predicted octanol–water partition coefficient (Wildman–Crippen LogP) is 3.70. The topological polar surface area (TPSA) is 89.9 Å². The minimum Gasteiger partial charge on any atom is -0.481 e. The summed E-state index contributed by atoms with van der Waals surface area (Å²) < 4.78 is 10.6. The van der Waals surface area contributed by atoms with Crippen molar-refractivity contribution in [1.29, 1.82) is 0 Å². The van der Waals surface area contributed by atoms with Crippen molar-refractivity contribution in [2.45, 2.75) is 19.8 Å². The molecule has 0 unspecified atom stereocenters. The van der Waals surface area contributed by atoms with E-state index in [1.807, 2.05) is 0 Å². The number of ketones is 1. The molecule has 2 rings (SSSR count). The van der Waals surface area contributed by atoms with Gasteiger partial charge in [0, 0.05) is 12.0 Å². The number of aliphatic carboxylic acids is 1. The fourth-order valence-corrected chi connectivity index (χ4v) is 2.02. The average Bonchev–Trinajstić information content (AvgIpc) is 2.59. The lowest BCUT2D eigenvalue weighted by atomic mass is 10.1. The number of rotatable bonds is 8. The van der Waals surface area contributed by atoms with Crippen molar-refractivity contribution in [2.24, 2.45) is 0 Å². The van der Waals surface area contributed by atoms with Crippen LogP contribution in [0.2, 0.25) is 0 Å². The Kier molecular flexibility index (Phi) is 6.28. The SMILES string of the molecule is CC(=O)c1ccc(Oc2ccc(C(=O)OCCCC(=O)O)cc2)cc1. The van der Waals surface area contributed by atoms with Crippen LogP contribution in [0.5, 0.6) is 11.5 Å². The van der Waals surface area contributed by atoms with Gasteiger partial charge in [0.25, 0.3) is 0 Å². The molecule has 2 aromatic rings. The van der Waals surface area contributed by atoms with E-state index < -0.39 is 11.9 Å². The molecule has 1 N–H and O–H groups in total. The Hall–Kier alpha value is -3.15. The molecule has 0 aromatic heterocycles. The van der Waals surface area contributed by atoms with E-state index >= 15 is 0 Å². The highest BCUT2D eigenvalue weighted by Crippen LogP contribution is 2.22. The maximum Gasteiger partial charge on any atom is 0.338 e. The number of carbonyl (C=O) groups excluding carboxylic acids is 2. The van der Waals surface area contributed by atoms with E-state index in [4.69, 9.17) is 14.6 Å². The molecule has 0 bridgehead atoms. The summed E-state index contributed by atoms with van der Waals surface area (Å²) in [5, 5.41) is 8.52. The van der Waals surface area contributed by atoms with Gasteiger partial charge in [-0.2, -0.15) is 0 Å². The van der Waals surface area contributed by atoms with Crippen molar-refractivity contribution in [3.05, 3.63) is 59.7 Å². The minimum absolute atomic E-state index is 0.0160. The van der Waals surface area contributed by atoms with Crippen LogP contribution < -0.4 is 4.74 Å². The van der Waals surface area contributed by atoms with E-state index in [0.29, 0.717) is 22.6 Å². The van der Waals surface area contributed by atoms with Gasteiger partial charge in [0.2, 0.25) is 0 Å². The summed E-state index contributed by atoms with van der Waals surface area (Å²) >= 11 is 0. The number of hydrogen-bond acceptors (Lipinski definition) is 5. The van der Waals surface area contributed by atoms with Crippen LogP contribution >= 0.6 is 0 Å². The highest BCUT2D eigenvalue weighted by atomic mass is 16.5. The summed E-state index contributed by atoms with van der Waals surface area (Å²) in [6.45, 7) is 1.56. The van der Waals surface area contributed by atoms with Gasteiger partial charge in [-0.1, -0.05) is 0 Å². The summed E-state index contributed by atoms with van der Waals surface area (Å²) in [4.78, 5) is 33.4. The molecule has 0 aliphatic heterocycles. The van der Waals surface area contributed by atoms with Crippen LogP contribution in [-0.2, 0) is 9.53 Å². The van der Waals surface area contributed by atoms with Crippen LogP contribution in [-0.4, -0.2) is 29.4 Å². The molecular formula is C19H18O6. The van der Waals surface area contributed by atoms with E-state index in [9.17, 15) is 14.4 Å². The second-order valence-electron chi connectivity index (χ2n) is 5.34. The van der Waals surface area contributed by atoms with Crippen LogP contribution in [0.25, 0.3) is 0 Å². The van der Waals surface area contributed by atoms with Crippen LogP contribution in [0.3, 0.4) is 0 Å². The lowest BCUT2D eigenvalue weighted by molar-refractivity contribution is -0.137. The van der Waals surface area contributed by atoms with E-state index in [1.165, 1.54) is 6.92 Å². The standard InChI is InChI=1S/C19H18O6/c1-13(20)14-4-8-16(9-5-14)25-17-10-6-15(7-11-17)19(23)24-12-2-3-18(21)22/h4-11H,2-3,12H2,1H3,(H,21,22). The van der Waals surface area contributed by atoms with Gasteiger partial charge in [-0.05, 0) is 61.9 Å². The third-order valence-corrected chi connectivity index (χ3v) is 3.35. The zero-order chi connectivity index (χ0) is 18.2. The molecule has 0 atom stereocenters.